The zero-order valence-corrected chi connectivity index (χ0v) is 24.6. The van der Waals surface area contributed by atoms with E-state index in [4.69, 9.17) is 18.9 Å². The first-order valence-electron chi connectivity index (χ1n) is 14.3. The van der Waals surface area contributed by atoms with Gasteiger partial charge in [-0.3, -0.25) is 4.79 Å². The standard InChI is InChI=1S/C30H38F3N3O7/c1-19-4-6-20(7-5-19)28(37)36(22(17-40-2)18-41-3)26-9-8-23(15-24(26)29(38)39)43-27-25(30(31,32)33)14-21(16-34-27)35-10-12-42-13-11-35/h8-9,14-16,19-20,22H,4-7,10-13,17-18H2,1-3H3,(H,38,39)/t19-,20-. The van der Waals surface area contributed by atoms with Crippen LogP contribution in [0.15, 0.2) is 30.5 Å². The summed E-state index contributed by atoms with van der Waals surface area (Å²) in [5, 5.41) is 10.2. The van der Waals surface area contributed by atoms with Crippen LogP contribution in [0.4, 0.5) is 24.5 Å². The van der Waals surface area contributed by atoms with Crippen molar-refractivity contribution in [2.45, 2.75) is 44.8 Å². The molecule has 0 atom stereocenters. The Labute approximate surface area is 248 Å². The van der Waals surface area contributed by atoms with Crippen LogP contribution in [0.3, 0.4) is 0 Å². The maximum atomic E-state index is 14.1. The molecule has 1 aromatic carbocycles. The van der Waals surface area contributed by atoms with Crippen LogP contribution in [0.2, 0.25) is 0 Å². The molecule has 1 aliphatic carbocycles. The number of alkyl halides is 3. The predicted molar refractivity (Wildman–Crippen MR) is 152 cm³/mol. The third-order valence-corrected chi connectivity index (χ3v) is 7.88. The number of methoxy groups -OCH3 is 2. The molecule has 1 saturated heterocycles. The second-order valence-corrected chi connectivity index (χ2v) is 11.0. The Kier molecular flexibility index (Phi) is 10.9. The number of carbonyl (C=O) groups excluding carboxylic acids is 1. The van der Waals surface area contributed by atoms with Gasteiger partial charge in [-0.05, 0) is 55.9 Å². The minimum atomic E-state index is -4.78. The SMILES string of the molecule is COCC(COC)N(c1ccc(Oc2ncc(N3CCOCC3)cc2C(F)(F)F)cc1C(=O)O)C(=O)[C@H]1CC[C@H](C)CC1. The van der Waals surface area contributed by atoms with Crippen LogP contribution in [-0.2, 0) is 25.2 Å². The van der Waals surface area contributed by atoms with Crippen molar-refractivity contribution in [3.8, 4) is 11.6 Å². The van der Waals surface area contributed by atoms with E-state index in [1.807, 2.05) is 0 Å². The van der Waals surface area contributed by atoms with E-state index in [-0.39, 0.29) is 47.7 Å². The van der Waals surface area contributed by atoms with Crippen molar-refractivity contribution in [2.24, 2.45) is 11.8 Å². The van der Waals surface area contributed by atoms with Gasteiger partial charge >= 0.3 is 12.1 Å². The van der Waals surface area contributed by atoms with Crippen LogP contribution < -0.4 is 14.5 Å². The summed E-state index contributed by atoms with van der Waals surface area (Å²) in [6.07, 6.45) is -0.414. The lowest BCUT2D eigenvalue weighted by Gasteiger charge is -2.36. The highest BCUT2D eigenvalue weighted by atomic mass is 19.4. The zero-order chi connectivity index (χ0) is 31.1. The number of morpholine rings is 1. The molecule has 0 radical (unpaired) electrons. The number of halogens is 3. The maximum absolute atomic E-state index is 14.1. The summed E-state index contributed by atoms with van der Waals surface area (Å²) in [6.45, 7) is 3.91. The van der Waals surface area contributed by atoms with Crippen molar-refractivity contribution in [3.05, 3.63) is 41.6 Å². The molecule has 13 heteroatoms. The largest absolute Gasteiger partial charge is 0.478 e. The normalized spacial score (nSPS) is 19.4. The smallest absolute Gasteiger partial charge is 0.421 e. The fourth-order valence-corrected chi connectivity index (χ4v) is 5.57. The van der Waals surface area contributed by atoms with Crippen LogP contribution in [0.1, 0.15) is 48.5 Å². The predicted octanol–water partition coefficient (Wildman–Crippen LogP) is 5.25. The van der Waals surface area contributed by atoms with E-state index in [0.717, 1.165) is 25.0 Å². The summed E-state index contributed by atoms with van der Waals surface area (Å²) in [5.41, 5.74) is -1.06. The molecule has 43 heavy (non-hydrogen) atoms. The molecule has 1 aliphatic heterocycles. The Hall–Kier alpha value is -3.42. The number of nitrogens with zero attached hydrogens (tertiary/aromatic N) is 3. The topological polar surface area (TPSA) is 111 Å². The van der Waals surface area contributed by atoms with Gasteiger partial charge in [0, 0.05) is 33.2 Å². The minimum Gasteiger partial charge on any atom is -0.478 e. The average molecular weight is 610 g/mol. The van der Waals surface area contributed by atoms with E-state index in [0.29, 0.717) is 45.1 Å². The number of carboxylic acid groups (broad SMARTS) is 1. The molecule has 10 nitrogen and oxygen atoms in total. The Bertz CT molecular complexity index is 1260. The maximum Gasteiger partial charge on any atom is 0.421 e. The lowest BCUT2D eigenvalue weighted by atomic mass is 9.82. The molecule has 1 amide bonds. The van der Waals surface area contributed by atoms with Gasteiger partial charge in [0.2, 0.25) is 11.8 Å². The number of aromatic nitrogens is 1. The molecule has 0 unspecified atom stereocenters. The molecule has 2 aromatic rings. The molecule has 0 bridgehead atoms. The molecule has 1 N–H and O–H groups in total. The second-order valence-electron chi connectivity index (χ2n) is 11.0. The minimum absolute atomic E-state index is 0.0777. The number of benzene rings is 1. The van der Waals surface area contributed by atoms with Gasteiger partial charge in [0.15, 0.2) is 0 Å². The molecule has 4 rings (SSSR count). The number of amides is 1. The third-order valence-electron chi connectivity index (χ3n) is 7.88. The van der Waals surface area contributed by atoms with E-state index in [1.54, 1.807) is 4.90 Å². The highest BCUT2D eigenvalue weighted by Gasteiger charge is 2.38. The van der Waals surface area contributed by atoms with Gasteiger partial charge in [0.1, 0.15) is 11.3 Å². The fourth-order valence-electron chi connectivity index (χ4n) is 5.57. The number of hydrogen-bond acceptors (Lipinski definition) is 8. The highest BCUT2D eigenvalue weighted by Crippen LogP contribution is 2.40. The summed E-state index contributed by atoms with van der Waals surface area (Å²) in [7, 11) is 2.94. The van der Waals surface area contributed by atoms with Gasteiger partial charge in [-0.25, -0.2) is 9.78 Å². The Morgan fingerprint density at radius 1 is 1.09 bits per heavy atom. The Morgan fingerprint density at radius 3 is 2.33 bits per heavy atom. The van der Waals surface area contributed by atoms with Crippen LogP contribution >= 0.6 is 0 Å². The molecule has 0 spiro atoms. The van der Waals surface area contributed by atoms with Gasteiger partial charge < -0.3 is 33.9 Å². The van der Waals surface area contributed by atoms with Gasteiger partial charge in [0.25, 0.3) is 0 Å². The van der Waals surface area contributed by atoms with E-state index in [2.05, 4.69) is 11.9 Å². The second kappa shape index (κ2) is 14.4. The van der Waals surface area contributed by atoms with Crippen molar-refractivity contribution in [2.75, 3.05) is 63.5 Å². The van der Waals surface area contributed by atoms with E-state index < -0.39 is 29.6 Å². The molecular weight excluding hydrogens is 571 g/mol. The van der Waals surface area contributed by atoms with Crippen molar-refractivity contribution in [3.63, 3.8) is 0 Å². The molecule has 2 fully saturated rings. The monoisotopic (exact) mass is 609 g/mol. The van der Waals surface area contributed by atoms with Crippen LogP contribution in [-0.4, -0.2) is 81.7 Å². The van der Waals surface area contributed by atoms with Crippen molar-refractivity contribution < 1.29 is 46.8 Å². The number of rotatable bonds is 11. The summed E-state index contributed by atoms with van der Waals surface area (Å²) in [5.74, 6) is -2.33. The molecule has 2 heterocycles. The fraction of sp³-hybridized carbons (Fsp3) is 0.567. The molecule has 2 aliphatic rings. The van der Waals surface area contributed by atoms with Crippen LogP contribution in [0.5, 0.6) is 11.6 Å². The quantitative estimate of drug-likeness (QED) is 0.365. The van der Waals surface area contributed by atoms with E-state index >= 15 is 0 Å². The first-order valence-corrected chi connectivity index (χ1v) is 14.3. The molecule has 236 valence electrons. The number of carboxylic acids is 1. The van der Waals surface area contributed by atoms with Crippen molar-refractivity contribution in [1.29, 1.82) is 0 Å². The number of aromatic carboxylic acids is 1. The van der Waals surface area contributed by atoms with E-state index in [1.165, 1.54) is 37.4 Å². The first-order chi connectivity index (χ1) is 20.5. The number of anilines is 2. The van der Waals surface area contributed by atoms with Gasteiger partial charge in [-0.1, -0.05) is 6.92 Å². The molecule has 1 saturated carbocycles. The summed E-state index contributed by atoms with van der Waals surface area (Å²) >= 11 is 0. The van der Waals surface area contributed by atoms with Gasteiger partial charge in [-0.2, -0.15) is 13.2 Å². The summed E-state index contributed by atoms with van der Waals surface area (Å²) < 4.78 is 63.7. The number of ether oxygens (including phenoxy) is 4. The average Bonchev–Trinajstić information content (AvgIpc) is 2.98. The molecular formula is C30H38F3N3O7. The molecule has 1 aromatic heterocycles. The Balaban J connectivity index is 1.70. The van der Waals surface area contributed by atoms with Gasteiger partial charge in [-0.15, -0.1) is 0 Å². The van der Waals surface area contributed by atoms with E-state index in [9.17, 15) is 27.9 Å². The highest BCUT2D eigenvalue weighted by molar-refractivity contribution is 6.03. The van der Waals surface area contributed by atoms with Crippen LogP contribution in [0.25, 0.3) is 0 Å². The van der Waals surface area contributed by atoms with Crippen molar-refractivity contribution in [1.82, 2.24) is 4.98 Å². The third kappa shape index (κ3) is 7.95. The Morgan fingerprint density at radius 2 is 1.74 bits per heavy atom. The summed E-state index contributed by atoms with van der Waals surface area (Å²) in [6, 6.07) is 4.13. The lowest BCUT2D eigenvalue weighted by molar-refractivity contribution is -0.138. The first kappa shape index (κ1) is 32.5. The van der Waals surface area contributed by atoms with Gasteiger partial charge in [0.05, 0.1) is 55.6 Å². The summed E-state index contributed by atoms with van der Waals surface area (Å²) in [4.78, 5) is 33.5. The van der Waals surface area contributed by atoms with Crippen molar-refractivity contribution >= 4 is 23.3 Å². The number of hydrogen-bond donors (Lipinski definition) is 1. The van der Waals surface area contributed by atoms with Crippen LogP contribution in [0, 0.1) is 11.8 Å². The lowest BCUT2D eigenvalue weighted by Crippen LogP contribution is -2.49. The zero-order valence-electron chi connectivity index (χ0n) is 24.6. The number of carbonyl (C=O) groups is 2. The number of pyridine rings is 1.